The molecular formula is C6H11N7O4. The van der Waals surface area contributed by atoms with E-state index in [9.17, 15) is 14.4 Å². The molecule has 1 aromatic rings. The van der Waals surface area contributed by atoms with Crippen molar-refractivity contribution in [3.8, 4) is 0 Å². The molecule has 7 N–H and O–H groups in total. The highest BCUT2D eigenvalue weighted by Crippen LogP contribution is 1.72. The normalized spacial score (nSPS) is 8.47. The van der Waals surface area contributed by atoms with E-state index in [4.69, 9.17) is 10.8 Å². The van der Waals surface area contributed by atoms with Gasteiger partial charge in [0, 0.05) is 0 Å². The molecule has 0 unspecified atom stereocenters. The van der Waals surface area contributed by atoms with Crippen LogP contribution in [0.1, 0.15) is 0 Å². The SMILES string of the molecule is NC(=O)NCC(=O)O.NC(=O)Nn1cnnc1. The molecule has 0 bridgehead atoms. The Bertz CT molecular complexity index is 362. The van der Waals surface area contributed by atoms with E-state index in [1.54, 1.807) is 0 Å². The lowest BCUT2D eigenvalue weighted by molar-refractivity contribution is -0.135. The molecule has 0 spiro atoms. The third kappa shape index (κ3) is 9.45. The Hall–Kier alpha value is -2.85. The maximum atomic E-state index is 10.1. The number of aromatic nitrogens is 3. The van der Waals surface area contributed by atoms with Gasteiger partial charge in [0.05, 0.1) is 0 Å². The van der Waals surface area contributed by atoms with Gasteiger partial charge in [-0.2, -0.15) is 0 Å². The van der Waals surface area contributed by atoms with Crippen molar-refractivity contribution < 1.29 is 19.5 Å². The Balaban J connectivity index is 0.000000304. The quantitative estimate of drug-likeness (QED) is 0.397. The van der Waals surface area contributed by atoms with Gasteiger partial charge in [-0.05, 0) is 0 Å². The summed E-state index contributed by atoms with van der Waals surface area (Å²) in [5, 5.41) is 16.6. The average Bonchev–Trinajstić information content (AvgIpc) is 2.67. The molecule has 1 heterocycles. The minimum Gasteiger partial charge on any atom is -0.480 e. The summed E-state index contributed by atoms with van der Waals surface area (Å²) < 4.78 is 1.25. The lowest BCUT2D eigenvalue weighted by Gasteiger charge is -1.96. The summed E-state index contributed by atoms with van der Waals surface area (Å²) in [4.78, 5) is 29.5. The van der Waals surface area contributed by atoms with E-state index in [1.807, 2.05) is 5.32 Å². The summed E-state index contributed by atoms with van der Waals surface area (Å²) in [6.45, 7) is -0.421. The van der Waals surface area contributed by atoms with E-state index in [0.717, 1.165) is 0 Å². The van der Waals surface area contributed by atoms with Gasteiger partial charge in [0.1, 0.15) is 19.2 Å². The van der Waals surface area contributed by atoms with Crippen LogP contribution >= 0.6 is 0 Å². The first-order chi connectivity index (χ1) is 7.91. The van der Waals surface area contributed by atoms with Crippen molar-refractivity contribution in [3.05, 3.63) is 12.7 Å². The van der Waals surface area contributed by atoms with E-state index in [1.165, 1.54) is 17.3 Å². The lowest BCUT2D eigenvalue weighted by atomic mass is 10.7. The van der Waals surface area contributed by atoms with Crippen molar-refractivity contribution in [3.63, 3.8) is 0 Å². The molecule has 17 heavy (non-hydrogen) atoms. The molecule has 0 saturated carbocycles. The summed E-state index contributed by atoms with van der Waals surface area (Å²) in [6.07, 6.45) is 2.65. The average molecular weight is 245 g/mol. The molecule has 0 radical (unpaired) electrons. The van der Waals surface area contributed by atoms with Gasteiger partial charge in [-0.3, -0.25) is 4.79 Å². The highest BCUT2D eigenvalue weighted by Gasteiger charge is 1.95. The van der Waals surface area contributed by atoms with Crippen LogP contribution in [0, 0.1) is 0 Å². The van der Waals surface area contributed by atoms with Crippen LogP contribution in [0.3, 0.4) is 0 Å². The second kappa shape index (κ2) is 7.44. The zero-order valence-corrected chi connectivity index (χ0v) is 8.53. The van der Waals surface area contributed by atoms with Gasteiger partial charge in [0.15, 0.2) is 0 Å². The summed E-state index contributed by atoms with van der Waals surface area (Å²) in [5.41, 5.74) is 11.5. The Kier molecular flexibility index (Phi) is 6.19. The van der Waals surface area contributed by atoms with Crippen LogP contribution in [-0.4, -0.2) is 44.6 Å². The number of nitrogens with one attached hydrogen (secondary N) is 2. The number of hydrogen-bond donors (Lipinski definition) is 5. The van der Waals surface area contributed by atoms with Crippen LogP contribution in [0.2, 0.25) is 0 Å². The first-order valence-corrected chi connectivity index (χ1v) is 4.08. The summed E-state index contributed by atoms with van der Waals surface area (Å²) in [7, 11) is 0. The molecule has 4 amide bonds. The molecule has 0 aliphatic carbocycles. The summed E-state index contributed by atoms with van der Waals surface area (Å²) in [5.74, 6) is -1.11. The first kappa shape index (κ1) is 14.2. The van der Waals surface area contributed by atoms with E-state index in [2.05, 4.69) is 21.4 Å². The number of nitrogens with zero attached hydrogens (tertiary/aromatic N) is 3. The van der Waals surface area contributed by atoms with Crippen molar-refractivity contribution in [2.24, 2.45) is 11.5 Å². The van der Waals surface area contributed by atoms with E-state index >= 15 is 0 Å². The summed E-state index contributed by atoms with van der Waals surface area (Å²) >= 11 is 0. The van der Waals surface area contributed by atoms with Crippen molar-refractivity contribution in [1.82, 2.24) is 20.2 Å². The molecule has 0 fully saturated rings. The third-order valence-electron chi connectivity index (χ3n) is 1.07. The molecule has 1 rings (SSSR count). The van der Waals surface area contributed by atoms with Gasteiger partial charge < -0.3 is 21.9 Å². The van der Waals surface area contributed by atoms with Crippen LogP contribution in [0.15, 0.2) is 12.7 Å². The number of hydrogen-bond acceptors (Lipinski definition) is 5. The molecule has 0 aromatic carbocycles. The van der Waals surface area contributed by atoms with Crippen LogP contribution in [0.4, 0.5) is 9.59 Å². The fourth-order valence-corrected chi connectivity index (χ4v) is 0.548. The van der Waals surface area contributed by atoms with Gasteiger partial charge in [0.2, 0.25) is 0 Å². The molecule has 94 valence electrons. The Morgan fingerprint density at radius 2 is 1.71 bits per heavy atom. The monoisotopic (exact) mass is 245 g/mol. The fraction of sp³-hybridized carbons (Fsp3) is 0.167. The second-order valence-electron chi connectivity index (χ2n) is 2.46. The zero-order valence-electron chi connectivity index (χ0n) is 8.53. The minimum atomic E-state index is -1.11. The maximum absolute atomic E-state index is 10.1. The van der Waals surface area contributed by atoms with Gasteiger partial charge in [-0.1, -0.05) is 0 Å². The van der Waals surface area contributed by atoms with E-state index < -0.39 is 24.6 Å². The number of primary amides is 2. The minimum absolute atomic E-state index is 0.421. The smallest absolute Gasteiger partial charge is 0.331 e. The van der Waals surface area contributed by atoms with Crippen LogP contribution in [0.25, 0.3) is 0 Å². The van der Waals surface area contributed by atoms with Crippen LogP contribution in [-0.2, 0) is 4.79 Å². The fourth-order valence-electron chi connectivity index (χ4n) is 0.548. The molecule has 1 aromatic heterocycles. The van der Waals surface area contributed by atoms with Crippen molar-refractivity contribution in [1.29, 1.82) is 0 Å². The van der Waals surface area contributed by atoms with Gasteiger partial charge in [-0.25, -0.2) is 19.7 Å². The Labute approximate surface area is 94.8 Å². The highest BCUT2D eigenvalue weighted by atomic mass is 16.4. The van der Waals surface area contributed by atoms with Crippen molar-refractivity contribution >= 4 is 18.0 Å². The largest absolute Gasteiger partial charge is 0.480 e. The highest BCUT2D eigenvalue weighted by molar-refractivity contribution is 5.79. The molecule has 0 aliphatic heterocycles. The maximum Gasteiger partial charge on any atom is 0.331 e. The van der Waals surface area contributed by atoms with Gasteiger partial charge in [-0.15, -0.1) is 10.2 Å². The topological polar surface area (TPSA) is 178 Å². The summed E-state index contributed by atoms with van der Waals surface area (Å²) in [6, 6.07) is -1.47. The van der Waals surface area contributed by atoms with Gasteiger partial charge in [0.25, 0.3) is 0 Å². The van der Waals surface area contributed by atoms with Crippen LogP contribution in [0.5, 0.6) is 0 Å². The zero-order chi connectivity index (χ0) is 13.3. The van der Waals surface area contributed by atoms with E-state index in [0.29, 0.717) is 0 Å². The number of amides is 4. The molecule has 0 saturated heterocycles. The van der Waals surface area contributed by atoms with E-state index in [-0.39, 0.29) is 0 Å². The number of carboxylic acid groups (broad SMARTS) is 1. The van der Waals surface area contributed by atoms with Crippen molar-refractivity contribution in [2.75, 3.05) is 12.0 Å². The molecule has 0 aliphatic rings. The second-order valence-corrected chi connectivity index (χ2v) is 2.46. The number of urea groups is 2. The molecule has 11 heteroatoms. The number of nitrogens with two attached hydrogens (primary N) is 2. The number of carboxylic acids is 1. The van der Waals surface area contributed by atoms with Crippen molar-refractivity contribution in [2.45, 2.75) is 0 Å². The Morgan fingerprint density at radius 1 is 1.18 bits per heavy atom. The standard InChI is InChI=1S/C3H5N5O.C3H6N2O3/c4-3(9)7-8-1-5-6-2-8;4-3(8)5-1-2(6)7/h1-2H,(H3,4,7,9);1H2,(H,6,7)(H3,4,5,8). The number of rotatable bonds is 3. The Morgan fingerprint density at radius 3 is 2.00 bits per heavy atom. The first-order valence-electron chi connectivity index (χ1n) is 4.08. The lowest BCUT2D eigenvalue weighted by Crippen LogP contribution is -2.33. The molecule has 0 atom stereocenters. The molecular weight excluding hydrogens is 234 g/mol. The number of aliphatic carboxylic acids is 1. The third-order valence-corrected chi connectivity index (χ3v) is 1.07. The number of carbonyl (C=O) groups is 3. The van der Waals surface area contributed by atoms with Gasteiger partial charge >= 0.3 is 18.0 Å². The van der Waals surface area contributed by atoms with Crippen LogP contribution < -0.4 is 22.2 Å². The predicted octanol–water partition coefficient (Wildman–Crippen LogP) is -2.36. The predicted molar refractivity (Wildman–Crippen MR) is 54.2 cm³/mol. The number of carbonyl (C=O) groups excluding carboxylic acids is 2. The molecule has 11 nitrogen and oxygen atoms in total.